The SMILES string of the molecule is COc1cc(Cc2cncs2)cc(OC)c1. The van der Waals surface area contributed by atoms with Gasteiger partial charge in [0.05, 0.1) is 19.7 Å². The molecule has 0 amide bonds. The molecule has 0 fully saturated rings. The highest BCUT2D eigenvalue weighted by Crippen LogP contribution is 2.24. The average molecular weight is 235 g/mol. The van der Waals surface area contributed by atoms with Crippen LogP contribution < -0.4 is 9.47 Å². The number of thiazole rings is 1. The minimum absolute atomic E-state index is 0.818. The predicted molar refractivity (Wildman–Crippen MR) is 64.5 cm³/mol. The van der Waals surface area contributed by atoms with Crippen LogP contribution >= 0.6 is 11.3 Å². The van der Waals surface area contributed by atoms with Crippen molar-refractivity contribution in [1.82, 2.24) is 4.98 Å². The lowest BCUT2D eigenvalue weighted by atomic mass is 10.1. The number of hydrogen-bond donors (Lipinski definition) is 0. The zero-order valence-corrected chi connectivity index (χ0v) is 10.1. The number of benzene rings is 1. The van der Waals surface area contributed by atoms with Gasteiger partial charge < -0.3 is 9.47 Å². The van der Waals surface area contributed by atoms with Crippen molar-refractivity contribution in [3.05, 3.63) is 40.3 Å². The zero-order valence-electron chi connectivity index (χ0n) is 9.27. The number of methoxy groups -OCH3 is 2. The first kappa shape index (κ1) is 11.0. The number of rotatable bonds is 4. The first-order chi connectivity index (χ1) is 7.81. The predicted octanol–water partition coefficient (Wildman–Crippen LogP) is 2.75. The van der Waals surface area contributed by atoms with Gasteiger partial charge in [0.25, 0.3) is 0 Å². The quantitative estimate of drug-likeness (QED) is 0.816. The largest absolute Gasteiger partial charge is 0.497 e. The van der Waals surface area contributed by atoms with Crippen LogP contribution in [-0.2, 0) is 6.42 Å². The summed E-state index contributed by atoms with van der Waals surface area (Å²) in [6, 6.07) is 5.90. The van der Waals surface area contributed by atoms with Crippen LogP contribution in [0.15, 0.2) is 29.9 Å². The molecule has 2 rings (SSSR count). The van der Waals surface area contributed by atoms with Crippen molar-refractivity contribution >= 4 is 11.3 Å². The zero-order chi connectivity index (χ0) is 11.4. The van der Waals surface area contributed by atoms with Gasteiger partial charge in [-0.3, -0.25) is 4.98 Å². The molecule has 1 aromatic carbocycles. The molecule has 0 saturated carbocycles. The van der Waals surface area contributed by atoms with Crippen LogP contribution in [-0.4, -0.2) is 19.2 Å². The summed E-state index contributed by atoms with van der Waals surface area (Å²) in [6.45, 7) is 0. The fourth-order valence-electron chi connectivity index (χ4n) is 1.50. The van der Waals surface area contributed by atoms with E-state index < -0.39 is 0 Å². The Hall–Kier alpha value is -1.55. The summed E-state index contributed by atoms with van der Waals surface area (Å²) < 4.78 is 10.4. The van der Waals surface area contributed by atoms with E-state index >= 15 is 0 Å². The van der Waals surface area contributed by atoms with Gasteiger partial charge in [-0.25, -0.2) is 0 Å². The van der Waals surface area contributed by atoms with E-state index in [1.165, 1.54) is 10.4 Å². The van der Waals surface area contributed by atoms with Gasteiger partial charge in [-0.2, -0.15) is 0 Å². The Morgan fingerprint density at radius 1 is 1.12 bits per heavy atom. The van der Waals surface area contributed by atoms with Gasteiger partial charge in [0, 0.05) is 23.6 Å². The average Bonchev–Trinajstić information content (AvgIpc) is 2.81. The van der Waals surface area contributed by atoms with Crippen LogP contribution in [0.1, 0.15) is 10.4 Å². The normalized spacial score (nSPS) is 10.1. The summed E-state index contributed by atoms with van der Waals surface area (Å²) in [7, 11) is 3.32. The van der Waals surface area contributed by atoms with E-state index in [4.69, 9.17) is 9.47 Å². The molecule has 0 atom stereocenters. The molecule has 0 aliphatic rings. The van der Waals surface area contributed by atoms with Gasteiger partial charge in [0.2, 0.25) is 0 Å². The first-order valence-corrected chi connectivity index (χ1v) is 5.79. The molecule has 3 nitrogen and oxygen atoms in total. The third-order valence-electron chi connectivity index (χ3n) is 2.27. The number of nitrogens with zero attached hydrogens (tertiary/aromatic N) is 1. The van der Waals surface area contributed by atoms with Crippen molar-refractivity contribution in [1.29, 1.82) is 0 Å². The van der Waals surface area contributed by atoms with E-state index in [1.54, 1.807) is 25.6 Å². The number of ether oxygens (including phenoxy) is 2. The minimum atomic E-state index is 0.818. The van der Waals surface area contributed by atoms with Crippen LogP contribution in [0, 0.1) is 0 Å². The molecule has 0 saturated heterocycles. The van der Waals surface area contributed by atoms with E-state index in [2.05, 4.69) is 4.98 Å². The minimum Gasteiger partial charge on any atom is -0.497 e. The lowest BCUT2D eigenvalue weighted by Gasteiger charge is -2.07. The second kappa shape index (κ2) is 4.99. The summed E-state index contributed by atoms with van der Waals surface area (Å²) in [5.74, 6) is 1.64. The van der Waals surface area contributed by atoms with E-state index in [1.807, 2.05) is 29.9 Å². The fourth-order valence-corrected chi connectivity index (χ4v) is 2.13. The Balaban J connectivity index is 2.26. The van der Waals surface area contributed by atoms with E-state index in [-0.39, 0.29) is 0 Å². The van der Waals surface area contributed by atoms with Crippen LogP contribution in [0.4, 0.5) is 0 Å². The van der Waals surface area contributed by atoms with Crippen LogP contribution in [0.5, 0.6) is 11.5 Å². The molecular formula is C12H13NO2S. The molecule has 0 radical (unpaired) electrons. The molecular weight excluding hydrogens is 222 g/mol. The van der Waals surface area contributed by atoms with Gasteiger partial charge in [-0.15, -0.1) is 11.3 Å². The maximum atomic E-state index is 5.22. The van der Waals surface area contributed by atoms with Crippen molar-refractivity contribution < 1.29 is 9.47 Å². The summed E-state index contributed by atoms with van der Waals surface area (Å²) in [5, 5.41) is 0. The first-order valence-electron chi connectivity index (χ1n) is 4.91. The van der Waals surface area contributed by atoms with Crippen LogP contribution in [0.3, 0.4) is 0 Å². The molecule has 0 spiro atoms. The number of hydrogen-bond acceptors (Lipinski definition) is 4. The molecule has 4 heteroatoms. The summed E-state index contributed by atoms with van der Waals surface area (Å²) in [4.78, 5) is 5.29. The van der Waals surface area contributed by atoms with Gasteiger partial charge in [0.1, 0.15) is 11.5 Å². The molecule has 1 aromatic heterocycles. The third kappa shape index (κ3) is 2.52. The Kier molecular flexibility index (Phi) is 3.41. The Morgan fingerprint density at radius 2 is 1.81 bits per heavy atom. The lowest BCUT2D eigenvalue weighted by Crippen LogP contribution is -1.91. The highest BCUT2D eigenvalue weighted by Gasteiger charge is 2.03. The Bertz CT molecular complexity index is 432. The van der Waals surface area contributed by atoms with E-state index in [9.17, 15) is 0 Å². The maximum absolute atomic E-state index is 5.22. The van der Waals surface area contributed by atoms with Crippen molar-refractivity contribution in [3.8, 4) is 11.5 Å². The molecule has 0 aliphatic carbocycles. The standard InChI is InChI=1S/C12H13NO2S/c1-14-10-3-9(4-11(6-10)15-2)5-12-7-13-8-16-12/h3-4,6-8H,5H2,1-2H3. The molecule has 0 N–H and O–H groups in total. The van der Waals surface area contributed by atoms with E-state index in [0.717, 1.165) is 17.9 Å². The van der Waals surface area contributed by atoms with Crippen molar-refractivity contribution in [2.24, 2.45) is 0 Å². The molecule has 0 unspecified atom stereocenters. The van der Waals surface area contributed by atoms with Crippen molar-refractivity contribution in [2.45, 2.75) is 6.42 Å². The van der Waals surface area contributed by atoms with E-state index in [0.29, 0.717) is 0 Å². The fraction of sp³-hybridized carbons (Fsp3) is 0.250. The molecule has 2 aromatic rings. The highest BCUT2D eigenvalue weighted by atomic mass is 32.1. The lowest BCUT2D eigenvalue weighted by molar-refractivity contribution is 0.393. The summed E-state index contributed by atoms with van der Waals surface area (Å²) in [5.41, 5.74) is 3.01. The van der Waals surface area contributed by atoms with Gasteiger partial charge >= 0.3 is 0 Å². The molecule has 16 heavy (non-hydrogen) atoms. The molecule has 84 valence electrons. The second-order valence-corrected chi connectivity index (χ2v) is 4.34. The van der Waals surface area contributed by atoms with Crippen molar-refractivity contribution in [3.63, 3.8) is 0 Å². The van der Waals surface area contributed by atoms with Gasteiger partial charge in [-0.1, -0.05) is 0 Å². The highest BCUT2D eigenvalue weighted by molar-refractivity contribution is 7.09. The van der Waals surface area contributed by atoms with Gasteiger partial charge in [0.15, 0.2) is 0 Å². The summed E-state index contributed by atoms with van der Waals surface area (Å²) >= 11 is 1.65. The second-order valence-electron chi connectivity index (χ2n) is 3.37. The van der Waals surface area contributed by atoms with Gasteiger partial charge in [-0.05, 0) is 17.7 Å². The number of aromatic nitrogens is 1. The van der Waals surface area contributed by atoms with Crippen molar-refractivity contribution in [2.75, 3.05) is 14.2 Å². The molecule has 0 aliphatic heterocycles. The van der Waals surface area contributed by atoms with Crippen LogP contribution in [0.25, 0.3) is 0 Å². The topological polar surface area (TPSA) is 31.4 Å². The third-order valence-corrected chi connectivity index (χ3v) is 3.05. The smallest absolute Gasteiger partial charge is 0.122 e. The summed E-state index contributed by atoms with van der Waals surface area (Å²) in [6.07, 6.45) is 2.74. The molecule has 0 bridgehead atoms. The monoisotopic (exact) mass is 235 g/mol. The maximum Gasteiger partial charge on any atom is 0.122 e. The Morgan fingerprint density at radius 3 is 2.31 bits per heavy atom. The Labute approximate surface area is 98.7 Å². The van der Waals surface area contributed by atoms with Crippen LogP contribution in [0.2, 0.25) is 0 Å². The molecule has 1 heterocycles.